The maximum atomic E-state index is 3.44. The van der Waals surface area contributed by atoms with E-state index in [1.807, 2.05) is 0 Å². The number of hydrogen-bond acceptors (Lipinski definition) is 0. The number of halogens is 1. The minimum atomic E-state index is 0.772. The van der Waals surface area contributed by atoms with E-state index < -0.39 is 0 Å². The van der Waals surface area contributed by atoms with E-state index in [9.17, 15) is 0 Å². The first-order valence-corrected chi connectivity index (χ1v) is 6.37. The zero-order valence-electron chi connectivity index (χ0n) is 9.54. The summed E-state index contributed by atoms with van der Waals surface area (Å²) in [4.78, 5) is 0. The van der Waals surface area contributed by atoms with Gasteiger partial charge in [-0.05, 0) is 42.9 Å². The molecule has 1 aromatic rings. The lowest BCUT2D eigenvalue weighted by atomic mass is 10.1. The van der Waals surface area contributed by atoms with Crippen molar-refractivity contribution in [2.45, 2.75) is 33.1 Å². The predicted octanol–water partition coefficient (Wildman–Crippen LogP) is 4.98. The Hall–Kier alpha value is -0.560. The number of rotatable bonds is 5. The Balaban J connectivity index is 2.26. The van der Waals surface area contributed by atoms with Crippen LogP contribution in [0, 0.1) is 5.92 Å². The lowest BCUT2D eigenvalue weighted by molar-refractivity contribution is 0.662. The first kappa shape index (κ1) is 12.5. The van der Waals surface area contributed by atoms with Crippen LogP contribution < -0.4 is 0 Å². The second-order valence-corrected chi connectivity index (χ2v) is 5.18. The second kappa shape index (κ2) is 6.84. The molecular weight excluding hydrogens is 248 g/mol. The number of aryl methyl sites for hydroxylation is 1. The van der Waals surface area contributed by atoms with Crippen LogP contribution in [-0.2, 0) is 6.42 Å². The van der Waals surface area contributed by atoms with Crippen LogP contribution in [0.5, 0.6) is 0 Å². The lowest BCUT2D eigenvalue weighted by Crippen LogP contribution is -1.84. The van der Waals surface area contributed by atoms with Gasteiger partial charge >= 0.3 is 0 Å². The van der Waals surface area contributed by atoms with Crippen LogP contribution in [0.3, 0.4) is 0 Å². The maximum absolute atomic E-state index is 3.44. The molecule has 15 heavy (non-hydrogen) atoms. The van der Waals surface area contributed by atoms with Gasteiger partial charge in [-0.3, -0.25) is 0 Å². The smallest absolute Gasteiger partial charge is 0.0175 e. The van der Waals surface area contributed by atoms with Crippen LogP contribution in [0.1, 0.15) is 32.3 Å². The third-order valence-corrected chi connectivity index (χ3v) is 2.82. The Kier molecular flexibility index (Phi) is 5.70. The molecule has 0 saturated heterocycles. The Morgan fingerprint density at radius 3 is 2.40 bits per heavy atom. The van der Waals surface area contributed by atoms with Gasteiger partial charge in [0.15, 0.2) is 0 Å². The van der Waals surface area contributed by atoms with Gasteiger partial charge in [0.05, 0.1) is 0 Å². The highest BCUT2D eigenvalue weighted by Crippen LogP contribution is 2.12. The first-order chi connectivity index (χ1) is 7.18. The molecule has 0 N–H and O–H groups in total. The summed E-state index contributed by atoms with van der Waals surface area (Å²) in [5.74, 6) is 0.772. The van der Waals surface area contributed by atoms with Crippen molar-refractivity contribution < 1.29 is 0 Å². The van der Waals surface area contributed by atoms with Gasteiger partial charge in [-0.25, -0.2) is 0 Å². The Morgan fingerprint density at radius 2 is 1.80 bits per heavy atom. The van der Waals surface area contributed by atoms with E-state index in [4.69, 9.17) is 0 Å². The van der Waals surface area contributed by atoms with E-state index in [1.54, 1.807) is 0 Å². The van der Waals surface area contributed by atoms with Gasteiger partial charge in [0, 0.05) is 4.47 Å². The fraction of sp³-hybridized carbons (Fsp3) is 0.429. The summed E-state index contributed by atoms with van der Waals surface area (Å²) in [6.45, 7) is 4.50. The average Bonchev–Trinajstić information content (AvgIpc) is 2.20. The molecule has 0 radical (unpaired) electrons. The third kappa shape index (κ3) is 5.78. The summed E-state index contributed by atoms with van der Waals surface area (Å²) >= 11 is 3.44. The van der Waals surface area contributed by atoms with Crippen molar-refractivity contribution in [1.82, 2.24) is 0 Å². The van der Waals surface area contributed by atoms with Crippen LogP contribution in [0.25, 0.3) is 0 Å². The number of allylic oxidation sites excluding steroid dienone is 2. The molecule has 1 aromatic carbocycles. The highest BCUT2D eigenvalue weighted by atomic mass is 79.9. The van der Waals surface area contributed by atoms with E-state index >= 15 is 0 Å². The summed E-state index contributed by atoms with van der Waals surface area (Å²) in [7, 11) is 0. The van der Waals surface area contributed by atoms with Crippen molar-refractivity contribution in [2.24, 2.45) is 5.92 Å². The fourth-order valence-corrected chi connectivity index (χ4v) is 1.65. The highest BCUT2D eigenvalue weighted by Gasteiger charge is 1.91. The summed E-state index contributed by atoms with van der Waals surface area (Å²) < 4.78 is 1.15. The molecule has 0 nitrogen and oxygen atoms in total. The highest BCUT2D eigenvalue weighted by molar-refractivity contribution is 9.10. The molecule has 0 atom stereocenters. The van der Waals surface area contributed by atoms with Crippen molar-refractivity contribution in [3.63, 3.8) is 0 Å². The summed E-state index contributed by atoms with van der Waals surface area (Å²) in [5, 5.41) is 0. The largest absolute Gasteiger partial charge is 0.0883 e. The van der Waals surface area contributed by atoms with Gasteiger partial charge in [-0.1, -0.05) is 54.1 Å². The monoisotopic (exact) mass is 266 g/mol. The van der Waals surface area contributed by atoms with Gasteiger partial charge in [0.1, 0.15) is 0 Å². The third-order valence-electron chi connectivity index (χ3n) is 2.29. The molecule has 0 aliphatic rings. The van der Waals surface area contributed by atoms with Gasteiger partial charge < -0.3 is 0 Å². The normalized spacial score (nSPS) is 11.5. The van der Waals surface area contributed by atoms with E-state index in [1.165, 1.54) is 12.0 Å². The van der Waals surface area contributed by atoms with E-state index in [0.29, 0.717) is 0 Å². The van der Waals surface area contributed by atoms with Crippen LogP contribution in [0.2, 0.25) is 0 Å². The maximum Gasteiger partial charge on any atom is 0.0175 e. The molecular formula is C14H19Br. The minimum absolute atomic E-state index is 0.772. The molecule has 0 aromatic heterocycles. The predicted molar refractivity (Wildman–Crippen MR) is 71.1 cm³/mol. The molecule has 0 amide bonds. The molecule has 0 fully saturated rings. The van der Waals surface area contributed by atoms with Crippen molar-refractivity contribution in [2.75, 3.05) is 0 Å². The quantitative estimate of drug-likeness (QED) is 0.660. The molecule has 0 saturated carbocycles. The minimum Gasteiger partial charge on any atom is -0.0883 e. The Morgan fingerprint density at radius 1 is 1.13 bits per heavy atom. The van der Waals surface area contributed by atoms with E-state index in [-0.39, 0.29) is 0 Å². The molecule has 82 valence electrons. The first-order valence-electron chi connectivity index (χ1n) is 5.58. The SMILES string of the molecule is CC(C)C/C=C/CCc1ccc(Br)cc1. The Bertz CT molecular complexity index is 296. The molecule has 1 heteroatoms. The van der Waals surface area contributed by atoms with Crippen LogP contribution >= 0.6 is 15.9 Å². The van der Waals surface area contributed by atoms with Crippen molar-refractivity contribution in [3.8, 4) is 0 Å². The second-order valence-electron chi connectivity index (χ2n) is 4.27. The molecule has 0 unspecified atom stereocenters. The van der Waals surface area contributed by atoms with Crippen LogP contribution in [0.15, 0.2) is 40.9 Å². The summed E-state index contributed by atoms with van der Waals surface area (Å²) in [6.07, 6.45) is 8.07. The fourth-order valence-electron chi connectivity index (χ4n) is 1.39. The van der Waals surface area contributed by atoms with Crippen LogP contribution in [0.4, 0.5) is 0 Å². The summed E-state index contributed by atoms with van der Waals surface area (Å²) in [5.41, 5.74) is 1.41. The van der Waals surface area contributed by atoms with Gasteiger partial charge in [-0.15, -0.1) is 0 Å². The number of benzene rings is 1. The van der Waals surface area contributed by atoms with E-state index in [0.717, 1.165) is 23.2 Å². The van der Waals surface area contributed by atoms with Crippen molar-refractivity contribution in [3.05, 3.63) is 46.5 Å². The van der Waals surface area contributed by atoms with E-state index in [2.05, 4.69) is 66.2 Å². The molecule has 0 bridgehead atoms. The van der Waals surface area contributed by atoms with Crippen molar-refractivity contribution in [1.29, 1.82) is 0 Å². The lowest BCUT2D eigenvalue weighted by Gasteiger charge is -1.99. The summed E-state index contributed by atoms with van der Waals surface area (Å²) in [6, 6.07) is 8.57. The van der Waals surface area contributed by atoms with Crippen molar-refractivity contribution >= 4 is 15.9 Å². The molecule has 0 aliphatic carbocycles. The standard InChI is InChI=1S/C14H19Br/c1-12(2)6-4-3-5-7-13-8-10-14(15)11-9-13/h3-4,8-12H,5-7H2,1-2H3/b4-3+. The van der Waals surface area contributed by atoms with Gasteiger partial charge in [-0.2, -0.15) is 0 Å². The molecule has 1 rings (SSSR count). The zero-order chi connectivity index (χ0) is 11.1. The molecule has 0 aliphatic heterocycles. The molecule has 0 heterocycles. The zero-order valence-corrected chi connectivity index (χ0v) is 11.1. The van der Waals surface area contributed by atoms with Gasteiger partial charge in [0.25, 0.3) is 0 Å². The number of hydrogen-bond donors (Lipinski definition) is 0. The molecule has 0 spiro atoms. The average molecular weight is 267 g/mol. The topological polar surface area (TPSA) is 0 Å². The van der Waals surface area contributed by atoms with Gasteiger partial charge in [0.2, 0.25) is 0 Å². The van der Waals surface area contributed by atoms with Crippen LogP contribution in [-0.4, -0.2) is 0 Å². The Labute approximate surface area is 102 Å².